The van der Waals surface area contributed by atoms with Crippen LogP contribution in [0.25, 0.3) is 0 Å². The van der Waals surface area contributed by atoms with Gasteiger partial charge in [0.25, 0.3) is 0 Å². The van der Waals surface area contributed by atoms with Crippen molar-refractivity contribution in [3.05, 3.63) is 35.4 Å². The molecular weight excluding hydrogens is 216 g/mol. The van der Waals surface area contributed by atoms with Gasteiger partial charge in [0.1, 0.15) is 6.10 Å². The molecule has 1 aromatic carbocycles. The van der Waals surface area contributed by atoms with Crippen LogP contribution in [0.15, 0.2) is 24.3 Å². The third kappa shape index (κ3) is 3.56. The number of hydrogen-bond donors (Lipinski definition) is 1. The van der Waals surface area contributed by atoms with E-state index >= 15 is 0 Å². The van der Waals surface area contributed by atoms with E-state index in [1.54, 1.807) is 20.8 Å². The zero-order chi connectivity index (χ0) is 13.0. The number of rotatable bonds is 4. The molecular formula is C14H20O3. The fraction of sp³-hybridized carbons (Fsp3) is 0.500. The summed E-state index contributed by atoms with van der Waals surface area (Å²) in [6.07, 6.45) is -0.901. The van der Waals surface area contributed by atoms with Crippen molar-refractivity contribution >= 4 is 5.97 Å². The van der Waals surface area contributed by atoms with Crippen molar-refractivity contribution in [3.8, 4) is 0 Å². The van der Waals surface area contributed by atoms with E-state index in [0.717, 1.165) is 11.1 Å². The van der Waals surface area contributed by atoms with Gasteiger partial charge in [-0.2, -0.15) is 0 Å². The molecule has 1 rings (SSSR count). The van der Waals surface area contributed by atoms with Crippen LogP contribution in [0.5, 0.6) is 0 Å². The molecule has 0 aliphatic heterocycles. The first-order valence-electron chi connectivity index (χ1n) is 5.90. The molecule has 17 heavy (non-hydrogen) atoms. The molecule has 0 heterocycles. The summed E-state index contributed by atoms with van der Waals surface area (Å²) in [6.45, 7) is 7.13. The van der Waals surface area contributed by atoms with Crippen molar-refractivity contribution in [2.24, 2.45) is 5.92 Å². The monoisotopic (exact) mass is 236 g/mol. The SMILES string of the molecule is CC(C)C(=O)O[C@@H](C)c1ccccc1[C@H](C)O. The van der Waals surface area contributed by atoms with E-state index in [-0.39, 0.29) is 18.0 Å². The highest BCUT2D eigenvalue weighted by molar-refractivity contribution is 5.71. The Hall–Kier alpha value is -1.35. The molecule has 1 aromatic rings. The van der Waals surface area contributed by atoms with Gasteiger partial charge in [-0.25, -0.2) is 0 Å². The number of benzene rings is 1. The lowest BCUT2D eigenvalue weighted by molar-refractivity contribution is -0.152. The summed E-state index contributed by atoms with van der Waals surface area (Å²) in [5, 5.41) is 9.66. The Morgan fingerprint density at radius 1 is 1.12 bits per heavy atom. The minimum Gasteiger partial charge on any atom is -0.458 e. The molecule has 0 aliphatic carbocycles. The standard InChI is InChI=1S/C14H20O3/c1-9(2)14(16)17-11(4)13-8-6-5-7-12(13)10(3)15/h5-11,15H,1-4H3/t10-,11-/m0/s1. The van der Waals surface area contributed by atoms with E-state index in [4.69, 9.17) is 4.74 Å². The van der Waals surface area contributed by atoms with E-state index in [2.05, 4.69) is 0 Å². The molecule has 0 aromatic heterocycles. The van der Waals surface area contributed by atoms with E-state index in [1.807, 2.05) is 31.2 Å². The summed E-state index contributed by atoms with van der Waals surface area (Å²) in [4.78, 5) is 11.5. The highest BCUT2D eigenvalue weighted by Crippen LogP contribution is 2.26. The molecule has 0 amide bonds. The number of carbonyl (C=O) groups excluding carboxylic acids is 1. The Bertz CT molecular complexity index is 383. The summed E-state index contributed by atoms with van der Waals surface area (Å²) >= 11 is 0. The normalized spacial score (nSPS) is 14.5. The van der Waals surface area contributed by atoms with Crippen LogP contribution in [0.3, 0.4) is 0 Å². The average molecular weight is 236 g/mol. The first kappa shape index (κ1) is 13.7. The zero-order valence-electron chi connectivity index (χ0n) is 10.8. The number of ether oxygens (including phenoxy) is 1. The summed E-state index contributed by atoms with van der Waals surface area (Å²) < 4.78 is 5.34. The molecule has 1 N–H and O–H groups in total. The van der Waals surface area contributed by atoms with Gasteiger partial charge >= 0.3 is 5.97 Å². The first-order chi connectivity index (χ1) is 7.93. The molecule has 0 saturated heterocycles. The maximum Gasteiger partial charge on any atom is 0.308 e. The van der Waals surface area contributed by atoms with Crippen molar-refractivity contribution in [1.82, 2.24) is 0 Å². The predicted molar refractivity (Wildman–Crippen MR) is 66.4 cm³/mol. The van der Waals surface area contributed by atoms with Crippen LogP contribution < -0.4 is 0 Å². The van der Waals surface area contributed by atoms with E-state index < -0.39 is 6.10 Å². The smallest absolute Gasteiger partial charge is 0.308 e. The Balaban J connectivity index is 2.88. The maximum atomic E-state index is 11.5. The predicted octanol–water partition coefficient (Wildman–Crippen LogP) is 3.00. The molecule has 0 saturated carbocycles. The third-order valence-electron chi connectivity index (χ3n) is 2.65. The lowest BCUT2D eigenvalue weighted by Gasteiger charge is -2.19. The van der Waals surface area contributed by atoms with Crippen LogP contribution in [0.2, 0.25) is 0 Å². The quantitative estimate of drug-likeness (QED) is 0.817. The average Bonchev–Trinajstić information content (AvgIpc) is 2.28. The number of aliphatic hydroxyl groups excluding tert-OH is 1. The van der Waals surface area contributed by atoms with Crippen molar-refractivity contribution in [2.45, 2.75) is 39.9 Å². The van der Waals surface area contributed by atoms with Gasteiger partial charge in [0, 0.05) is 0 Å². The topological polar surface area (TPSA) is 46.5 Å². The second kappa shape index (κ2) is 5.82. The van der Waals surface area contributed by atoms with Crippen LogP contribution in [-0.4, -0.2) is 11.1 Å². The maximum absolute atomic E-state index is 11.5. The molecule has 0 bridgehead atoms. The van der Waals surface area contributed by atoms with Crippen LogP contribution in [0, 0.1) is 5.92 Å². The van der Waals surface area contributed by atoms with Gasteiger partial charge in [-0.3, -0.25) is 4.79 Å². The van der Waals surface area contributed by atoms with Gasteiger partial charge in [-0.15, -0.1) is 0 Å². The minimum absolute atomic E-state index is 0.142. The molecule has 0 radical (unpaired) electrons. The summed E-state index contributed by atoms with van der Waals surface area (Å²) in [6, 6.07) is 7.46. The summed E-state index contributed by atoms with van der Waals surface area (Å²) in [5.41, 5.74) is 1.66. The fourth-order valence-electron chi connectivity index (χ4n) is 1.64. The molecule has 3 nitrogen and oxygen atoms in total. The largest absolute Gasteiger partial charge is 0.458 e. The van der Waals surface area contributed by atoms with Gasteiger partial charge in [0.05, 0.1) is 12.0 Å². The molecule has 0 fully saturated rings. The van der Waals surface area contributed by atoms with Gasteiger partial charge in [-0.05, 0) is 25.0 Å². The molecule has 0 unspecified atom stereocenters. The number of hydrogen-bond acceptors (Lipinski definition) is 3. The molecule has 0 aliphatic rings. The van der Waals surface area contributed by atoms with Crippen LogP contribution in [0.1, 0.15) is 51.0 Å². The van der Waals surface area contributed by atoms with Gasteiger partial charge in [-0.1, -0.05) is 38.1 Å². The Kier molecular flexibility index (Phi) is 4.70. The Morgan fingerprint density at radius 3 is 2.12 bits per heavy atom. The van der Waals surface area contributed by atoms with E-state index in [0.29, 0.717) is 0 Å². The van der Waals surface area contributed by atoms with Crippen molar-refractivity contribution in [2.75, 3.05) is 0 Å². The highest BCUT2D eigenvalue weighted by atomic mass is 16.5. The van der Waals surface area contributed by atoms with Crippen LogP contribution >= 0.6 is 0 Å². The lowest BCUT2D eigenvalue weighted by atomic mass is 9.99. The fourth-order valence-corrected chi connectivity index (χ4v) is 1.64. The van der Waals surface area contributed by atoms with Gasteiger partial charge in [0.2, 0.25) is 0 Å². The second-order valence-corrected chi connectivity index (χ2v) is 4.54. The van der Waals surface area contributed by atoms with Crippen molar-refractivity contribution < 1.29 is 14.6 Å². The third-order valence-corrected chi connectivity index (χ3v) is 2.65. The Morgan fingerprint density at radius 2 is 1.65 bits per heavy atom. The van der Waals surface area contributed by atoms with Gasteiger partial charge < -0.3 is 9.84 Å². The van der Waals surface area contributed by atoms with Crippen LogP contribution in [-0.2, 0) is 9.53 Å². The zero-order valence-corrected chi connectivity index (χ0v) is 10.8. The number of esters is 1. The minimum atomic E-state index is -0.564. The number of carbonyl (C=O) groups is 1. The second-order valence-electron chi connectivity index (χ2n) is 4.54. The summed E-state index contributed by atoms with van der Waals surface area (Å²) in [7, 11) is 0. The van der Waals surface area contributed by atoms with E-state index in [9.17, 15) is 9.90 Å². The molecule has 2 atom stereocenters. The Labute approximate surface area is 102 Å². The van der Waals surface area contributed by atoms with Crippen molar-refractivity contribution in [3.63, 3.8) is 0 Å². The van der Waals surface area contributed by atoms with Crippen LogP contribution in [0.4, 0.5) is 0 Å². The molecule has 0 spiro atoms. The lowest BCUT2D eigenvalue weighted by Crippen LogP contribution is -2.15. The summed E-state index contributed by atoms with van der Waals surface area (Å²) in [5.74, 6) is -0.367. The molecule has 94 valence electrons. The van der Waals surface area contributed by atoms with Gasteiger partial charge in [0.15, 0.2) is 0 Å². The number of aliphatic hydroxyl groups is 1. The molecule has 3 heteroatoms. The van der Waals surface area contributed by atoms with E-state index in [1.165, 1.54) is 0 Å². The highest BCUT2D eigenvalue weighted by Gasteiger charge is 2.18. The van der Waals surface area contributed by atoms with Crippen molar-refractivity contribution in [1.29, 1.82) is 0 Å². The first-order valence-corrected chi connectivity index (χ1v) is 5.90.